The molecular formula is C23H26O7. The smallest absolute Gasteiger partial charge is 0.310 e. The predicted octanol–water partition coefficient (Wildman–Crippen LogP) is 3.64. The molecule has 0 aliphatic heterocycles. The topological polar surface area (TPSA) is 80.3 Å². The van der Waals surface area contributed by atoms with Crippen molar-refractivity contribution in [1.82, 2.24) is 0 Å². The Labute approximate surface area is 176 Å². The van der Waals surface area contributed by atoms with E-state index >= 15 is 0 Å². The summed E-state index contributed by atoms with van der Waals surface area (Å²) in [5.41, 5.74) is 3.02. The number of ketones is 1. The Hall–Kier alpha value is -3.16. The van der Waals surface area contributed by atoms with Crippen LogP contribution in [-0.4, -0.2) is 46.7 Å². The van der Waals surface area contributed by atoms with Gasteiger partial charge < -0.3 is 23.7 Å². The van der Waals surface area contributed by atoms with E-state index in [2.05, 4.69) is 0 Å². The summed E-state index contributed by atoms with van der Waals surface area (Å²) in [7, 11) is 4.38. The van der Waals surface area contributed by atoms with Crippen LogP contribution in [0.1, 0.15) is 18.1 Å². The maximum Gasteiger partial charge on any atom is 0.310 e. The summed E-state index contributed by atoms with van der Waals surface area (Å²) in [5, 5.41) is 0. The molecule has 0 unspecified atom stereocenters. The lowest BCUT2D eigenvalue weighted by Gasteiger charge is -2.18. The molecule has 0 atom stereocenters. The number of methoxy groups -OCH3 is 3. The van der Waals surface area contributed by atoms with Crippen molar-refractivity contribution < 1.29 is 33.3 Å². The van der Waals surface area contributed by atoms with Crippen molar-refractivity contribution in [3.05, 3.63) is 53.6 Å². The van der Waals surface area contributed by atoms with Crippen LogP contribution in [0.15, 0.2) is 42.5 Å². The van der Waals surface area contributed by atoms with Gasteiger partial charge in [-0.2, -0.15) is 0 Å². The highest BCUT2D eigenvalue weighted by atomic mass is 16.7. The van der Waals surface area contributed by atoms with Gasteiger partial charge >= 0.3 is 5.97 Å². The maximum atomic E-state index is 12.1. The van der Waals surface area contributed by atoms with Gasteiger partial charge in [0.25, 0.3) is 0 Å². The fraction of sp³-hybridized carbons (Fsp3) is 0.304. The lowest BCUT2D eigenvalue weighted by atomic mass is 9.94. The third-order valence-electron chi connectivity index (χ3n) is 4.08. The molecule has 7 heteroatoms. The van der Waals surface area contributed by atoms with Crippen LogP contribution in [-0.2, 0) is 30.2 Å². The minimum Gasteiger partial charge on any atom is -0.469 e. The van der Waals surface area contributed by atoms with Gasteiger partial charge in [-0.3, -0.25) is 9.59 Å². The fourth-order valence-electron chi connectivity index (χ4n) is 2.80. The number of allylic oxidation sites excluding steroid dienone is 1. The van der Waals surface area contributed by atoms with Crippen molar-refractivity contribution in [2.45, 2.75) is 13.3 Å². The van der Waals surface area contributed by atoms with Crippen molar-refractivity contribution >= 4 is 17.8 Å². The standard InChI is InChI=1S/C23H26O7/c1-16(24)8-9-17-6-5-7-18(10-17)23-19(12-22(25)28-4)11-20(29-14-26-2)13-21(23)30-15-27-3/h5-11,13H,12,14-15H2,1-4H3. The number of benzene rings is 2. The summed E-state index contributed by atoms with van der Waals surface area (Å²) >= 11 is 0. The normalized spacial score (nSPS) is 10.8. The molecule has 0 aliphatic rings. The van der Waals surface area contributed by atoms with Crippen LogP contribution in [0.3, 0.4) is 0 Å². The number of esters is 1. The molecule has 0 amide bonds. The lowest BCUT2D eigenvalue weighted by molar-refractivity contribution is -0.139. The summed E-state index contributed by atoms with van der Waals surface area (Å²) in [6.07, 6.45) is 3.25. The predicted molar refractivity (Wildman–Crippen MR) is 112 cm³/mol. The molecule has 0 bridgehead atoms. The highest BCUT2D eigenvalue weighted by Gasteiger charge is 2.18. The SMILES string of the molecule is COCOc1cc(CC(=O)OC)c(-c2cccc(C=CC(C)=O)c2)c(OCOC)c1. The summed E-state index contributed by atoms with van der Waals surface area (Å²) in [4.78, 5) is 23.3. The Morgan fingerprint density at radius 3 is 2.37 bits per heavy atom. The molecular weight excluding hydrogens is 388 g/mol. The second-order valence-corrected chi connectivity index (χ2v) is 6.38. The second kappa shape index (κ2) is 11.7. The van der Waals surface area contributed by atoms with Crippen molar-refractivity contribution in [2.24, 2.45) is 0 Å². The summed E-state index contributed by atoms with van der Waals surface area (Å²) in [5.74, 6) is 0.524. The number of ether oxygens (including phenoxy) is 5. The van der Waals surface area contributed by atoms with E-state index < -0.39 is 5.97 Å². The van der Waals surface area contributed by atoms with Crippen LogP contribution in [0, 0.1) is 0 Å². The van der Waals surface area contributed by atoms with Crippen molar-refractivity contribution in [3.63, 3.8) is 0 Å². The third kappa shape index (κ3) is 6.72. The monoisotopic (exact) mass is 414 g/mol. The Bertz CT molecular complexity index is 902. The molecule has 0 radical (unpaired) electrons. The molecule has 0 aliphatic carbocycles. The third-order valence-corrected chi connectivity index (χ3v) is 4.08. The number of hydrogen-bond acceptors (Lipinski definition) is 7. The van der Waals surface area contributed by atoms with E-state index in [1.54, 1.807) is 18.2 Å². The van der Waals surface area contributed by atoms with E-state index in [0.29, 0.717) is 22.6 Å². The zero-order valence-corrected chi connectivity index (χ0v) is 17.6. The van der Waals surface area contributed by atoms with Crippen molar-refractivity contribution in [2.75, 3.05) is 34.9 Å². The molecule has 0 spiro atoms. The van der Waals surface area contributed by atoms with Gasteiger partial charge in [0.2, 0.25) is 0 Å². The van der Waals surface area contributed by atoms with Crippen LogP contribution >= 0.6 is 0 Å². The highest BCUT2D eigenvalue weighted by Crippen LogP contribution is 2.38. The second-order valence-electron chi connectivity index (χ2n) is 6.38. The van der Waals surface area contributed by atoms with E-state index in [0.717, 1.165) is 11.1 Å². The van der Waals surface area contributed by atoms with Crippen LogP contribution < -0.4 is 9.47 Å². The minimum absolute atomic E-state index is 0.0162. The Morgan fingerprint density at radius 2 is 1.70 bits per heavy atom. The molecule has 30 heavy (non-hydrogen) atoms. The molecule has 2 aromatic rings. The van der Waals surface area contributed by atoms with Crippen molar-refractivity contribution in [3.8, 4) is 22.6 Å². The molecule has 0 aromatic heterocycles. The highest BCUT2D eigenvalue weighted by molar-refractivity contribution is 5.92. The zero-order valence-electron chi connectivity index (χ0n) is 17.6. The largest absolute Gasteiger partial charge is 0.469 e. The average molecular weight is 414 g/mol. The van der Waals surface area contributed by atoms with Gasteiger partial charge in [0, 0.05) is 25.8 Å². The molecule has 0 heterocycles. The molecule has 160 valence electrons. The van der Waals surface area contributed by atoms with Gasteiger partial charge in [0.15, 0.2) is 19.4 Å². The van der Waals surface area contributed by atoms with E-state index in [9.17, 15) is 9.59 Å². The average Bonchev–Trinajstić information content (AvgIpc) is 2.74. The van der Waals surface area contributed by atoms with Gasteiger partial charge in [-0.25, -0.2) is 0 Å². The van der Waals surface area contributed by atoms with Gasteiger partial charge in [-0.1, -0.05) is 24.3 Å². The zero-order chi connectivity index (χ0) is 21.9. The van der Waals surface area contributed by atoms with E-state index in [4.69, 9.17) is 23.7 Å². The summed E-state index contributed by atoms with van der Waals surface area (Å²) in [6, 6.07) is 11.0. The van der Waals surface area contributed by atoms with E-state index in [1.807, 2.05) is 24.3 Å². The molecule has 7 nitrogen and oxygen atoms in total. The quantitative estimate of drug-likeness (QED) is 0.315. The van der Waals surface area contributed by atoms with Crippen LogP contribution in [0.25, 0.3) is 17.2 Å². The molecule has 0 N–H and O–H groups in total. The van der Waals surface area contributed by atoms with Gasteiger partial charge in [0.05, 0.1) is 13.5 Å². The van der Waals surface area contributed by atoms with Crippen LogP contribution in [0.5, 0.6) is 11.5 Å². The first kappa shape index (κ1) is 23.1. The molecule has 0 saturated carbocycles. The summed E-state index contributed by atoms with van der Waals surface area (Å²) in [6.45, 7) is 1.55. The number of hydrogen-bond donors (Lipinski definition) is 0. The molecule has 2 rings (SSSR count). The van der Waals surface area contributed by atoms with Crippen molar-refractivity contribution in [1.29, 1.82) is 0 Å². The van der Waals surface area contributed by atoms with E-state index in [1.165, 1.54) is 34.3 Å². The number of carbonyl (C=O) groups excluding carboxylic acids is 2. The Morgan fingerprint density at radius 1 is 0.967 bits per heavy atom. The molecule has 2 aromatic carbocycles. The number of rotatable bonds is 11. The number of carbonyl (C=O) groups is 2. The van der Waals surface area contributed by atoms with E-state index in [-0.39, 0.29) is 25.8 Å². The first-order valence-corrected chi connectivity index (χ1v) is 9.24. The molecule has 0 fully saturated rings. The lowest BCUT2D eigenvalue weighted by Crippen LogP contribution is -2.09. The Balaban J connectivity index is 2.62. The minimum atomic E-state index is -0.398. The Kier molecular flexibility index (Phi) is 9.05. The first-order chi connectivity index (χ1) is 14.5. The maximum absolute atomic E-state index is 12.1. The van der Waals surface area contributed by atoms with Crippen LogP contribution in [0.2, 0.25) is 0 Å². The van der Waals surface area contributed by atoms with Crippen LogP contribution in [0.4, 0.5) is 0 Å². The first-order valence-electron chi connectivity index (χ1n) is 9.24. The summed E-state index contributed by atoms with van der Waals surface area (Å²) < 4.78 is 26.2. The van der Waals surface area contributed by atoms with Gasteiger partial charge in [-0.05, 0) is 41.8 Å². The van der Waals surface area contributed by atoms with Gasteiger partial charge in [-0.15, -0.1) is 0 Å². The molecule has 0 saturated heterocycles. The van der Waals surface area contributed by atoms with Gasteiger partial charge in [0.1, 0.15) is 11.5 Å². The fourth-order valence-corrected chi connectivity index (χ4v) is 2.80.